The topological polar surface area (TPSA) is 54.4 Å². The van der Waals surface area contributed by atoms with Crippen LogP contribution in [0.15, 0.2) is 42.6 Å². The van der Waals surface area contributed by atoms with Crippen LogP contribution in [-0.4, -0.2) is 69.7 Å². The monoisotopic (exact) mass is 573 g/mol. The Morgan fingerprint density at radius 2 is 1.71 bits per heavy atom. The highest BCUT2D eigenvalue weighted by Crippen LogP contribution is 2.46. The summed E-state index contributed by atoms with van der Waals surface area (Å²) in [6.45, 7) is 4.46. The first-order valence-electron chi connectivity index (χ1n) is 14.8. The molecule has 0 unspecified atom stereocenters. The Morgan fingerprint density at radius 3 is 2.49 bits per heavy atom. The van der Waals surface area contributed by atoms with Gasteiger partial charge in [-0.3, -0.25) is 9.88 Å². The summed E-state index contributed by atoms with van der Waals surface area (Å²) in [6, 6.07) is 10.5. The van der Waals surface area contributed by atoms with Gasteiger partial charge in [-0.05, 0) is 63.1 Å². The highest BCUT2D eigenvalue weighted by molar-refractivity contribution is 8.00. The molecule has 4 aliphatic heterocycles. The summed E-state index contributed by atoms with van der Waals surface area (Å²) >= 11 is 1.99. The van der Waals surface area contributed by atoms with Gasteiger partial charge in [0.15, 0.2) is 5.82 Å². The number of hydrogen-bond donors (Lipinski definition) is 0. The van der Waals surface area contributed by atoms with Gasteiger partial charge in [-0.25, -0.2) is 8.78 Å². The molecule has 0 saturated carbocycles. The lowest BCUT2D eigenvalue weighted by Gasteiger charge is -2.48. The van der Waals surface area contributed by atoms with Crippen molar-refractivity contribution >= 4 is 39.3 Å². The first-order valence-corrected chi connectivity index (χ1v) is 15.9. The second-order valence-corrected chi connectivity index (χ2v) is 13.4. The average Bonchev–Trinajstić information content (AvgIpc) is 3.56. The van der Waals surface area contributed by atoms with E-state index in [1.807, 2.05) is 23.9 Å². The molecule has 212 valence electrons. The molecule has 4 fully saturated rings. The number of piperidine rings is 1. The van der Waals surface area contributed by atoms with E-state index in [1.165, 1.54) is 25.3 Å². The van der Waals surface area contributed by atoms with E-state index in [1.54, 1.807) is 24.4 Å². The fraction of sp³-hybridized carbons (Fsp3) is 0.469. The van der Waals surface area contributed by atoms with Gasteiger partial charge in [0.25, 0.3) is 0 Å². The molecule has 8 rings (SSSR count). The summed E-state index contributed by atoms with van der Waals surface area (Å²) in [7, 11) is 0. The maximum atomic E-state index is 16.6. The van der Waals surface area contributed by atoms with Crippen LogP contribution in [0.25, 0.3) is 32.9 Å². The second kappa shape index (κ2) is 9.76. The predicted molar refractivity (Wildman–Crippen MR) is 160 cm³/mol. The van der Waals surface area contributed by atoms with Crippen LogP contribution in [0.2, 0.25) is 0 Å². The average molecular weight is 574 g/mol. The van der Waals surface area contributed by atoms with Crippen LogP contribution >= 0.6 is 11.8 Å². The molecule has 0 N–H and O–H groups in total. The SMILES string of the molecule is Fc1c(-c2cccc3cccc(F)c23)ncc2c(N3CCCC4(CSC4)C3)nc(OCC34CCCN3CCC4)nc12. The van der Waals surface area contributed by atoms with Gasteiger partial charge >= 0.3 is 6.01 Å². The standard InChI is InChI=1S/C32H33F2N5OS/c33-24-9-2-7-21-6-1-8-22(25(21)24)27-26(34)28-23(16-35-27)29(38-13-3-10-31(17-38)19-41-20-31)37-30(36-28)40-18-32-11-4-14-39(32)15-5-12-32/h1-2,6-9,16H,3-5,10-15,17-20H2. The van der Waals surface area contributed by atoms with Crippen molar-refractivity contribution in [1.82, 2.24) is 19.9 Å². The fourth-order valence-electron chi connectivity index (χ4n) is 7.68. The van der Waals surface area contributed by atoms with Gasteiger partial charge in [-0.15, -0.1) is 0 Å². The minimum Gasteiger partial charge on any atom is -0.461 e. The van der Waals surface area contributed by atoms with Crippen molar-refractivity contribution in [3.05, 3.63) is 54.2 Å². The lowest BCUT2D eigenvalue weighted by molar-refractivity contribution is 0.108. The van der Waals surface area contributed by atoms with Crippen LogP contribution in [0, 0.1) is 17.0 Å². The van der Waals surface area contributed by atoms with Crippen LogP contribution in [0.3, 0.4) is 0 Å². The van der Waals surface area contributed by atoms with Gasteiger partial charge in [0.1, 0.15) is 29.5 Å². The van der Waals surface area contributed by atoms with E-state index in [0.717, 1.165) is 56.9 Å². The van der Waals surface area contributed by atoms with Crippen molar-refractivity contribution in [2.45, 2.75) is 44.1 Å². The minimum absolute atomic E-state index is 0.0270. The predicted octanol–water partition coefficient (Wildman–Crippen LogP) is 6.46. The Balaban J connectivity index is 1.25. The maximum Gasteiger partial charge on any atom is 0.319 e. The van der Waals surface area contributed by atoms with Crippen molar-refractivity contribution < 1.29 is 13.5 Å². The molecular formula is C32H33F2N5OS. The number of rotatable bonds is 5. The molecule has 4 aromatic rings. The van der Waals surface area contributed by atoms with Gasteiger partial charge in [0.2, 0.25) is 0 Å². The number of ether oxygens (including phenoxy) is 1. The largest absolute Gasteiger partial charge is 0.461 e. The molecule has 1 spiro atoms. The lowest BCUT2D eigenvalue weighted by Crippen LogP contribution is -2.51. The Labute approximate surface area is 242 Å². The van der Waals surface area contributed by atoms with E-state index in [2.05, 4.69) is 19.8 Å². The molecule has 2 aromatic carbocycles. The van der Waals surface area contributed by atoms with Crippen LogP contribution < -0.4 is 9.64 Å². The van der Waals surface area contributed by atoms with E-state index in [0.29, 0.717) is 39.6 Å². The highest BCUT2D eigenvalue weighted by Gasteiger charge is 2.45. The molecule has 0 radical (unpaired) electrons. The van der Waals surface area contributed by atoms with Crippen molar-refractivity contribution in [3.8, 4) is 17.3 Å². The molecule has 0 amide bonds. The van der Waals surface area contributed by atoms with E-state index in [-0.39, 0.29) is 22.8 Å². The summed E-state index contributed by atoms with van der Waals surface area (Å²) in [5, 5.41) is 1.63. The highest BCUT2D eigenvalue weighted by atomic mass is 32.2. The number of aromatic nitrogens is 3. The Hall–Kier alpha value is -3.04. The Bertz CT molecular complexity index is 1650. The molecule has 4 saturated heterocycles. The molecule has 6 nitrogen and oxygen atoms in total. The van der Waals surface area contributed by atoms with Crippen LogP contribution in [0.5, 0.6) is 6.01 Å². The molecule has 0 bridgehead atoms. The second-order valence-electron chi connectivity index (χ2n) is 12.4. The molecule has 6 heterocycles. The van der Waals surface area contributed by atoms with Crippen molar-refractivity contribution in [2.24, 2.45) is 5.41 Å². The van der Waals surface area contributed by atoms with Crippen LogP contribution in [0.1, 0.15) is 38.5 Å². The van der Waals surface area contributed by atoms with Crippen molar-refractivity contribution in [3.63, 3.8) is 0 Å². The van der Waals surface area contributed by atoms with Gasteiger partial charge in [0.05, 0.1) is 10.9 Å². The third-order valence-corrected chi connectivity index (χ3v) is 11.4. The number of hydrogen-bond acceptors (Lipinski definition) is 7. The van der Waals surface area contributed by atoms with Gasteiger partial charge in [-0.1, -0.05) is 30.3 Å². The minimum atomic E-state index is -0.570. The first-order chi connectivity index (χ1) is 20.0. The van der Waals surface area contributed by atoms with E-state index in [9.17, 15) is 0 Å². The van der Waals surface area contributed by atoms with E-state index < -0.39 is 11.6 Å². The number of nitrogens with zero attached hydrogens (tertiary/aromatic N) is 5. The molecule has 0 atom stereocenters. The normalized spacial score (nSPS) is 21.5. The smallest absolute Gasteiger partial charge is 0.319 e. The number of anilines is 1. The number of thioether (sulfide) groups is 1. The summed E-state index contributed by atoms with van der Waals surface area (Å²) in [5.41, 5.74) is 1.00. The van der Waals surface area contributed by atoms with E-state index >= 15 is 8.78 Å². The maximum absolute atomic E-state index is 16.6. The summed E-state index contributed by atoms with van der Waals surface area (Å²) < 4.78 is 37.9. The van der Waals surface area contributed by atoms with Crippen molar-refractivity contribution in [2.75, 3.05) is 49.2 Å². The molecular weight excluding hydrogens is 540 g/mol. The number of benzene rings is 2. The zero-order chi connectivity index (χ0) is 27.6. The van der Waals surface area contributed by atoms with Crippen LogP contribution in [-0.2, 0) is 0 Å². The van der Waals surface area contributed by atoms with Gasteiger partial charge in [0, 0.05) is 47.2 Å². The van der Waals surface area contributed by atoms with Crippen LogP contribution in [0.4, 0.5) is 14.6 Å². The zero-order valence-corrected chi connectivity index (χ0v) is 23.9. The van der Waals surface area contributed by atoms with Crippen molar-refractivity contribution in [1.29, 1.82) is 0 Å². The molecule has 9 heteroatoms. The third kappa shape index (κ3) is 4.18. The zero-order valence-electron chi connectivity index (χ0n) is 23.0. The van der Waals surface area contributed by atoms with Gasteiger partial charge in [-0.2, -0.15) is 21.7 Å². The number of fused-ring (bicyclic) bond motifs is 3. The first kappa shape index (κ1) is 25.7. The number of halogens is 2. The van der Waals surface area contributed by atoms with Gasteiger partial charge < -0.3 is 9.64 Å². The molecule has 4 aliphatic rings. The number of pyridine rings is 1. The molecule has 41 heavy (non-hydrogen) atoms. The quantitative estimate of drug-likeness (QED) is 0.272. The Kier molecular flexibility index (Phi) is 6.11. The molecule has 0 aliphatic carbocycles. The van der Waals surface area contributed by atoms with E-state index in [4.69, 9.17) is 9.72 Å². The Morgan fingerprint density at radius 1 is 0.927 bits per heavy atom. The molecule has 2 aromatic heterocycles. The fourth-order valence-corrected chi connectivity index (χ4v) is 8.94. The summed E-state index contributed by atoms with van der Waals surface area (Å²) in [6.07, 6.45) is 8.51. The summed E-state index contributed by atoms with van der Waals surface area (Å²) in [5.74, 6) is 2.02. The lowest BCUT2D eigenvalue weighted by atomic mass is 9.82. The summed E-state index contributed by atoms with van der Waals surface area (Å²) in [4.78, 5) is 19.0. The third-order valence-electron chi connectivity index (χ3n) is 9.81.